The Kier molecular flexibility index (Phi) is 4.60. The van der Waals surface area contributed by atoms with Crippen molar-refractivity contribution in [2.45, 2.75) is 6.61 Å². The highest BCUT2D eigenvalue weighted by Crippen LogP contribution is 2.28. The van der Waals surface area contributed by atoms with Crippen molar-refractivity contribution in [2.75, 3.05) is 0 Å². The number of carbonyl (C=O) groups excluding carboxylic acids is 1. The average Bonchev–Trinajstić information content (AvgIpc) is 3.04. The minimum Gasteiger partial charge on any atom is -0.483 e. The van der Waals surface area contributed by atoms with Crippen LogP contribution in [0.2, 0.25) is 10.0 Å². The van der Waals surface area contributed by atoms with Gasteiger partial charge in [-0.2, -0.15) is 4.98 Å². The van der Waals surface area contributed by atoms with Crippen LogP contribution >= 0.6 is 23.2 Å². The Hall–Kier alpha value is -2.37. The molecule has 0 aliphatic rings. The van der Waals surface area contributed by atoms with Gasteiger partial charge in [-0.25, -0.2) is 0 Å². The fourth-order valence-corrected chi connectivity index (χ4v) is 2.31. The Bertz CT molecular complexity index is 849. The minimum absolute atomic E-state index is 0.0377. The molecule has 0 saturated heterocycles. The molecular weight excluding hydrogens is 339 g/mol. The van der Waals surface area contributed by atoms with Gasteiger partial charge in [-0.05, 0) is 30.3 Å². The SMILES string of the molecule is O=Cc1ccccc1OCc1nc(-c2cc(Cl)ccc2Cl)no1. The lowest BCUT2D eigenvalue weighted by Gasteiger charge is -2.04. The van der Waals surface area contributed by atoms with Gasteiger partial charge in [-0.3, -0.25) is 4.79 Å². The molecule has 0 unspecified atom stereocenters. The number of aldehydes is 1. The smallest absolute Gasteiger partial charge is 0.264 e. The maximum atomic E-state index is 10.9. The van der Waals surface area contributed by atoms with Crippen LogP contribution in [0.4, 0.5) is 0 Å². The van der Waals surface area contributed by atoms with Gasteiger partial charge >= 0.3 is 0 Å². The standard InChI is InChI=1S/C16H10Cl2N2O3/c17-11-5-6-13(18)12(7-11)16-19-15(23-20-16)9-22-14-4-2-1-3-10(14)8-21/h1-8H,9H2. The number of carbonyl (C=O) groups is 1. The van der Waals surface area contributed by atoms with Crippen molar-refractivity contribution in [2.24, 2.45) is 0 Å². The van der Waals surface area contributed by atoms with E-state index in [1.807, 2.05) is 0 Å². The molecule has 1 aromatic heterocycles. The van der Waals surface area contributed by atoms with E-state index in [0.717, 1.165) is 6.29 Å². The summed E-state index contributed by atoms with van der Waals surface area (Å²) < 4.78 is 10.7. The number of para-hydroxylation sites is 1. The largest absolute Gasteiger partial charge is 0.483 e. The van der Waals surface area contributed by atoms with Gasteiger partial charge in [-0.15, -0.1) is 0 Å². The Labute approximate surface area is 141 Å². The van der Waals surface area contributed by atoms with Gasteiger partial charge in [0.2, 0.25) is 5.82 Å². The van der Waals surface area contributed by atoms with E-state index in [0.29, 0.717) is 32.7 Å². The molecule has 0 aliphatic carbocycles. The van der Waals surface area contributed by atoms with Gasteiger partial charge in [0, 0.05) is 10.6 Å². The van der Waals surface area contributed by atoms with Crippen LogP contribution in [0.25, 0.3) is 11.4 Å². The minimum atomic E-state index is 0.0377. The first kappa shape index (κ1) is 15.5. The van der Waals surface area contributed by atoms with Crippen LogP contribution in [0.1, 0.15) is 16.2 Å². The monoisotopic (exact) mass is 348 g/mol. The zero-order chi connectivity index (χ0) is 16.2. The highest BCUT2D eigenvalue weighted by Gasteiger charge is 2.13. The number of halogens is 2. The van der Waals surface area contributed by atoms with Crippen molar-refractivity contribution in [3.05, 3.63) is 64.0 Å². The number of hydrogen-bond donors (Lipinski definition) is 0. The zero-order valence-corrected chi connectivity index (χ0v) is 13.2. The number of ether oxygens (including phenoxy) is 1. The van der Waals surface area contributed by atoms with E-state index in [4.69, 9.17) is 32.5 Å². The Morgan fingerprint density at radius 2 is 2.00 bits per heavy atom. The summed E-state index contributed by atoms with van der Waals surface area (Å²) in [5, 5.41) is 4.85. The second kappa shape index (κ2) is 6.81. The average molecular weight is 349 g/mol. The summed E-state index contributed by atoms with van der Waals surface area (Å²) >= 11 is 12.0. The summed E-state index contributed by atoms with van der Waals surface area (Å²) in [5.74, 6) is 1.03. The molecule has 3 aromatic rings. The molecule has 5 nitrogen and oxygen atoms in total. The molecule has 7 heteroatoms. The summed E-state index contributed by atoms with van der Waals surface area (Å²) in [5.41, 5.74) is 1.02. The van der Waals surface area contributed by atoms with Gasteiger partial charge < -0.3 is 9.26 Å². The molecule has 0 amide bonds. The molecule has 0 N–H and O–H groups in total. The van der Waals surface area contributed by atoms with Crippen LogP contribution in [0.3, 0.4) is 0 Å². The maximum Gasteiger partial charge on any atom is 0.264 e. The van der Waals surface area contributed by atoms with E-state index >= 15 is 0 Å². The highest BCUT2D eigenvalue weighted by molar-refractivity contribution is 6.35. The van der Waals surface area contributed by atoms with Gasteiger partial charge in [-0.1, -0.05) is 40.5 Å². The summed E-state index contributed by atoms with van der Waals surface area (Å²) in [6.07, 6.45) is 0.723. The second-order valence-electron chi connectivity index (χ2n) is 4.58. The molecule has 0 spiro atoms. The van der Waals surface area contributed by atoms with Crippen LogP contribution in [-0.2, 0) is 6.61 Å². The fourth-order valence-electron chi connectivity index (χ4n) is 1.94. The van der Waals surface area contributed by atoms with Crippen LogP contribution < -0.4 is 4.74 Å². The second-order valence-corrected chi connectivity index (χ2v) is 5.42. The first-order chi connectivity index (χ1) is 11.2. The lowest BCUT2D eigenvalue weighted by atomic mass is 10.2. The number of nitrogens with zero attached hydrogens (tertiary/aromatic N) is 2. The van der Waals surface area contributed by atoms with Crippen LogP contribution in [0, 0.1) is 0 Å². The summed E-state index contributed by atoms with van der Waals surface area (Å²) in [4.78, 5) is 15.2. The van der Waals surface area contributed by atoms with Crippen molar-refractivity contribution >= 4 is 29.5 Å². The van der Waals surface area contributed by atoms with E-state index in [2.05, 4.69) is 10.1 Å². The summed E-state index contributed by atoms with van der Waals surface area (Å²) in [7, 11) is 0. The molecule has 0 bridgehead atoms. The van der Waals surface area contributed by atoms with Crippen molar-refractivity contribution in [3.63, 3.8) is 0 Å². The number of aromatic nitrogens is 2. The molecule has 0 atom stereocenters. The van der Waals surface area contributed by atoms with E-state index in [1.165, 1.54) is 0 Å². The molecule has 116 valence electrons. The molecule has 0 aliphatic heterocycles. The molecule has 0 radical (unpaired) electrons. The lowest BCUT2D eigenvalue weighted by molar-refractivity contribution is 0.111. The first-order valence-corrected chi connectivity index (χ1v) is 7.38. The van der Waals surface area contributed by atoms with Gasteiger partial charge in [0.05, 0.1) is 10.6 Å². The van der Waals surface area contributed by atoms with Crippen LogP contribution in [-0.4, -0.2) is 16.4 Å². The first-order valence-electron chi connectivity index (χ1n) is 6.62. The maximum absolute atomic E-state index is 10.9. The third-order valence-electron chi connectivity index (χ3n) is 3.03. The lowest BCUT2D eigenvalue weighted by Crippen LogP contribution is -1.98. The van der Waals surface area contributed by atoms with Crippen LogP contribution in [0.15, 0.2) is 47.0 Å². The molecule has 2 aromatic carbocycles. The predicted molar refractivity (Wildman–Crippen MR) is 85.9 cm³/mol. The molecule has 23 heavy (non-hydrogen) atoms. The normalized spacial score (nSPS) is 10.5. The number of benzene rings is 2. The molecule has 1 heterocycles. The predicted octanol–water partition coefficient (Wildman–Crippen LogP) is 4.43. The zero-order valence-electron chi connectivity index (χ0n) is 11.7. The van der Waals surface area contributed by atoms with E-state index in [1.54, 1.807) is 42.5 Å². The molecular formula is C16H10Cl2N2O3. The van der Waals surface area contributed by atoms with Gasteiger partial charge in [0.1, 0.15) is 5.75 Å². The van der Waals surface area contributed by atoms with Gasteiger partial charge in [0.25, 0.3) is 5.89 Å². The van der Waals surface area contributed by atoms with E-state index in [-0.39, 0.29) is 12.5 Å². The highest BCUT2D eigenvalue weighted by atomic mass is 35.5. The third-order valence-corrected chi connectivity index (χ3v) is 3.60. The summed E-state index contributed by atoms with van der Waals surface area (Å²) in [6.45, 7) is 0.0377. The fraction of sp³-hybridized carbons (Fsp3) is 0.0625. The van der Waals surface area contributed by atoms with E-state index < -0.39 is 0 Å². The van der Waals surface area contributed by atoms with E-state index in [9.17, 15) is 4.79 Å². The van der Waals surface area contributed by atoms with Crippen LogP contribution in [0.5, 0.6) is 5.75 Å². The molecule has 3 rings (SSSR count). The Morgan fingerprint density at radius 3 is 2.83 bits per heavy atom. The summed E-state index contributed by atoms with van der Waals surface area (Å²) in [6, 6.07) is 11.9. The van der Waals surface area contributed by atoms with Crippen molar-refractivity contribution < 1.29 is 14.1 Å². The van der Waals surface area contributed by atoms with Crippen molar-refractivity contribution in [1.82, 2.24) is 10.1 Å². The topological polar surface area (TPSA) is 65.2 Å². The van der Waals surface area contributed by atoms with Crippen molar-refractivity contribution in [3.8, 4) is 17.1 Å². The molecule has 0 fully saturated rings. The molecule has 0 saturated carbocycles. The van der Waals surface area contributed by atoms with Crippen molar-refractivity contribution in [1.29, 1.82) is 0 Å². The Balaban J connectivity index is 1.77. The van der Waals surface area contributed by atoms with Gasteiger partial charge in [0.15, 0.2) is 12.9 Å². The quantitative estimate of drug-likeness (QED) is 0.638. The number of hydrogen-bond acceptors (Lipinski definition) is 5. The Morgan fingerprint density at radius 1 is 1.17 bits per heavy atom. The number of rotatable bonds is 5. The third kappa shape index (κ3) is 3.52.